The van der Waals surface area contributed by atoms with Crippen LogP contribution in [0.1, 0.15) is 41.2 Å². The normalized spacial score (nSPS) is 14.4. The zero-order valence-corrected chi connectivity index (χ0v) is 18.2. The van der Waals surface area contributed by atoms with Crippen LogP contribution in [0.15, 0.2) is 78.9 Å². The molecule has 7 nitrogen and oxygen atoms in total. The molecular formula is C26H26N4O3. The second kappa shape index (κ2) is 9.99. The molecule has 33 heavy (non-hydrogen) atoms. The second-order valence-electron chi connectivity index (χ2n) is 7.97. The average Bonchev–Trinajstić information content (AvgIpc) is 2.84. The Morgan fingerprint density at radius 1 is 0.879 bits per heavy atom. The highest BCUT2D eigenvalue weighted by atomic mass is 16.2. The molecule has 4 N–H and O–H groups in total. The molecule has 1 heterocycles. The summed E-state index contributed by atoms with van der Waals surface area (Å²) in [5.41, 5.74) is 8.58. The SMILES string of the molecule is NC(=O)c1cccc(N[C@H](C(=O)Nc2ccc(N3CCCCC3=O)cc2)c2ccccc2)c1. The van der Waals surface area contributed by atoms with Crippen molar-refractivity contribution in [3.63, 3.8) is 0 Å². The first-order valence-electron chi connectivity index (χ1n) is 10.9. The average molecular weight is 443 g/mol. The summed E-state index contributed by atoms with van der Waals surface area (Å²) in [5, 5.41) is 6.15. The Morgan fingerprint density at radius 3 is 2.33 bits per heavy atom. The highest BCUT2D eigenvalue weighted by Crippen LogP contribution is 2.25. The number of rotatable bonds is 7. The fraction of sp³-hybridized carbons (Fsp3) is 0.192. The molecule has 1 saturated heterocycles. The van der Waals surface area contributed by atoms with E-state index in [9.17, 15) is 14.4 Å². The molecule has 1 fully saturated rings. The summed E-state index contributed by atoms with van der Waals surface area (Å²) in [6.07, 6.45) is 2.49. The van der Waals surface area contributed by atoms with E-state index in [0.29, 0.717) is 23.4 Å². The van der Waals surface area contributed by atoms with E-state index in [-0.39, 0.29) is 11.8 Å². The topological polar surface area (TPSA) is 105 Å². The van der Waals surface area contributed by atoms with Gasteiger partial charge in [-0.1, -0.05) is 36.4 Å². The van der Waals surface area contributed by atoms with E-state index in [1.54, 1.807) is 41.3 Å². The minimum atomic E-state index is -0.697. The highest BCUT2D eigenvalue weighted by Gasteiger charge is 2.22. The number of amides is 3. The highest BCUT2D eigenvalue weighted by molar-refractivity contribution is 5.99. The summed E-state index contributed by atoms with van der Waals surface area (Å²) in [6, 6.07) is 22.7. The first-order valence-corrected chi connectivity index (χ1v) is 10.9. The van der Waals surface area contributed by atoms with Gasteiger partial charge in [-0.15, -0.1) is 0 Å². The van der Waals surface area contributed by atoms with Gasteiger partial charge in [-0.2, -0.15) is 0 Å². The van der Waals surface area contributed by atoms with Crippen LogP contribution in [0.25, 0.3) is 0 Å². The van der Waals surface area contributed by atoms with Crippen molar-refractivity contribution >= 4 is 34.8 Å². The number of nitrogens with two attached hydrogens (primary N) is 1. The summed E-state index contributed by atoms with van der Waals surface area (Å²) >= 11 is 0. The van der Waals surface area contributed by atoms with E-state index in [1.807, 2.05) is 42.5 Å². The van der Waals surface area contributed by atoms with Crippen molar-refractivity contribution in [3.8, 4) is 0 Å². The van der Waals surface area contributed by atoms with Gasteiger partial charge in [-0.05, 0) is 60.9 Å². The smallest absolute Gasteiger partial charge is 0.251 e. The molecule has 1 aliphatic heterocycles. The Balaban J connectivity index is 1.52. The van der Waals surface area contributed by atoms with Crippen molar-refractivity contribution in [3.05, 3.63) is 90.0 Å². The third-order valence-electron chi connectivity index (χ3n) is 5.62. The first kappa shape index (κ1) is 22.1. The van der Waals surface area contributed by atoms with Crippen LogP contribution in [0.2, 0.25) is 0 Å². The Morgan fingerprint density at radius 2 is 1.64 bits per heavy atom. The summed E-state index contributed by atoms with van der Waals surface area (Å²) < 4.78 is 0. The number of primary amides is 1. The minimum absolute atomic E-state index is 0.129. The van der Waals surface area contributed by atoms with Crippen LogP contribution in [0, 0.1) is 0 Å². The maximum absolute atomic E-state index is 13.2. The maximum Gasteiger partial charge on any atom is 0.251 e. The molecule has 0 spiro atoms. The Labute approximate surface area is 192 Å². The van der Waals surface area contributed by atoms with Crippen LogP contribution in [0.5, 0.6) is 0 Å². The van der Waals surface area contributed by atoms with Gasteiger partial charge in [0.15, 0.2) is 0 Å². The molecule has 0 aliphatic carbocycles. The van der Waals surface area contributed by atoms with Crippen molar-refractivity contribution in [2.45, 2.75) is 25.3 Å². The summed E-state index contributed by atoms with van der Waals surface area (Å²) in [4.78, 5) is 38.7. The third-order valence-corrected chi connectivity index (χ3v) is 5.62. The molecule has 0 aromatic heterocycles. The quantitative estimate of drug-likeness (QED) is 0.512. The van der Waals surface area contributed by atoms with Gasteiger partial charge >= 0.3 is 0 Å². The van der Waals surface area contributed by atoms with Crippen molar-refractivity contribution in [1.82, 2.24) is 0 Å². The van der Waals surface area contributed by atoms with Crippen LogP contribution < -0.4 is 21.3 Å². The lowest BCUT2D eigenvalue weighted by Crippen LogP contribution is -2.35. The fourth-order valence-electron chi connectivity index (χ4n) is 3.89. The number of carbonyl (C=O) groups excluding carboxylic acids is 3. The van der Waals surface area contributed by atoms with Crippen molar-refractivity contribution in [2.75, 3.05) is 22.1 Å². The Hall–Kier alpha value is -4.13. The molecule has 0 saturated carbocycles. The van der Waals surface area contributed by atoms with Crippen molar-refractivity contribution in [2.24, 2.45) is 5.73 Å². The van der Waals surface area contributed by atoms with Gasteiger partial charge in [-0.3, -0.25) is 14.4 Å². The number of nitrogens with zero attached hydrogens (tertiary/aromatic N) is 1. The molecule has 7 heteroatoms. The third kappa shape index (κ3) is 5.38. The molecule has 168 valence electrons. The first-order chi connectivity index (χ1) is 16.0. The molecule has 1 atom stereocenters. The van der Waals surface area contributed by atoms with Crippen LogP contribution in [-0.4, -0.2) is 24.3 Å². The molecule has 0 bridgehead atoms. The largest absolute Gasteiger partial charge is 0.370 e. The van der Waals surface area contributed by atoms with Crippen LogP contribution in [0.3, 0.4) is 0 Å². The molecule has 3 aromatic rings. The standard InChI is InChI=1S/C26H26N4O3/c27-25(32)19-9-6-10-21(17-19)28-24(18-7-2-1-3-8-18)26(33)29-20-12-14-22(15-13-20)30-16-5-4-11-23(30)31/h1-3,6-10,12-15,17,24,28H,4-5,11,16H2,(H2,27,32)(H,29,33)/t24-/m0/s1. The van der Waals surface area contributed by atoms with Gasteiger partial charge in [0.25, 0.3) is 5.91 Å². The van der Waals surface area contributed by atoms with Gasteiger partial charge in [0.2, 0.25) is 11.8 Å². The lowest BCUT2D eigenvalue weighted by Gasteiger charge is -2.27. The van der Waals surface area contributed by atoms with Crippen LogP contribution in [0.4, 0.5) is 17.1 Å². The summed E-state index contributed by atoms with van der Waals surface area (Å²) in [5.74, 6) is -0.663. The summed E-state index contributed by atoms with van der Waals surface area (Å²) in [6.45, 7) is 0.717. The second-order valence-corrected chi connectivity index (χ2v) is 7.97. The predicted molar refractivity (Wildman–Crippen MR) is 129 cm³/mol. The van der Waals surface area contributed by atoms with Gasteiger partial charge in [0.05, 0.1) is 0 Å². The fourth-order valence-corrected chi connectivity index (χ4v) is 3.89. The predicted octanol–water partition coefficient (Wildman–Crippen LogP) is 4.09. The zero-order chi connectivity index (χ0) is 23.2. The van der Waals surface area contributed by atoms with Crippen molar-refractivity contribution < 1.29 is 14.4 Å². The van der Waals surface area contributed by atoms with Gasteiger partial charge < -0.3 is 21.3 Å². The molecule has 3 amide bonds. The number of anilines is 3. The van der Waals surface area contributed by atoms with E-state index in [2.05, 4.69) is 10.6 Å². The van der Waals surface area contributed by atoms with E-state index >= 15 is 0 Å². The van der Waals surface area contributed by atoms with E-state index < -0.39 is 11.9 Å². The van der Waals surface area contributed by atoms with Gasteiger partial charge in [0.1, 0.15) is 6.04 Å². The number of piperidine rings is 1. The Kier molecular flexibility index (Phi) is 6.69. The van der Waals surface area contributed by atoms with Gasteiger partial charge in [0, 0.05) is 35.6 Å². The van der Waals surface area contributed by atoms with Crippen LogP contribution in [-0.2, 0) is 9.59 Å². The van der Waals surface area contributed by atoms with Gasteiger partial charge in [-0.25, -0.2) is 0 Å². The molecule has 4 rings (SSSR count). The molecule has 3 aromatic carbocycles. The molecular weight excluding hydrogens is 416 g/mol. The van der Waals surface area contributed by atoms with Crippen LogP contribution >= 0.6 is 0 Å². The lowest BCUT2D eigenvalue weighted by atomic mass is 10.0. The lowest BCUT2D eigenvalue weighted by molar-refractivity contribution is -0.119. The monoisotopic (exact) mass is 442 g/mol. The zero-order valence-electron chi connectivity index (χ0n) is 18.2. The number of benzene rings is 3. The molecule has 1 aliphatic rings. The molecule has 0 unspecified atom stereocenters. The minimum Gasteiger partial charge on any atom is -0.370 e. The maximum atomic E-state index is 13.2. The number of hydrogen-bond donors (Lipinski definition) is 3. The Bertz CT molecular complexity index is 1150. The van der Waals surface area contributed by atoms with E-state index in [1.165, 1.54) is 0 Å². The van der Waals surface area contributed by atoms with Crippen molar-refractivity contribution in [1.29, 1.82) is 0 Å². The summed E-state index contributed by atoms with van der Waals surface area (Å²) in [7, 11) is 0. The number of carbonyl (C=O) groups is 3. The number of nitrogens with one attached hydrogen (secondary N) is 2. The number of hydrogen-bond acceptors (Lipinski definition) is 4. The van der Waals surface area contributed by atoms with E-state index in [0.717, 1.165) is 30.6 Å². The molecule has 0 radical (unpaired) electrons. The van der Waals surface area contributed by atoms with E-state index in [4.69, 9.17) is 5.73 Å².